The van der Waals surface area contributed by atoms with Gasteiger partial charge in [0, 0.05) is 0 Å². The van der Waals surface area contributed by atoms with Gasteiger partial charge < -0.3 is 9.72 Å². The highest BCUT2D eigenvalue weighted by Crippen LogP contribution is 2.29. The highest BCUT2D eigenvalue weighted by atomic mass is 79.9. The summed E-state index contributed by atoms with van der Waals surface area (Å²) in [5, 5.41) is 0. The number of aromatic amines is 1. The number of ether oxygens (including phenoxy) is 1. The van der Waals surface area contributed by atoms with E-state index in [4.69, 9.17) is 4.74 Å². The van der Waals surface area contributed by atoms with Crippen molar-refractivity contribution < 1.29 is 4.74 Å². The molecule has 5 heteroatoms. The van der Waals surface area contributed by atoms with Gasteiger partial charge in [-0.3, -0.25) is 4.79 Å². The summed E-state index contributed by atoms with van der Waals surface area (Å²) in [6.07, 6.45) is 6.05. The van der Waals surface area contributed by atoms with Crippen LogP contribution in [0.15, 0.2) is 33.8 Å². The first-order chi connectivity index (χ1) is 9.24. The van der Waals surface area contributed by atoms with Crippen molar-refractivity contribution in [3.8, 4) is 11.6 Å². The van der Waals surface area contributed by atoms with E-state index in [1.165, 1.54) is 30.3 Å². The minimum Gasteiger partial charge on any atom is -0.438 e. The van der Waals surface area contributed by atoms with Crippen molar-refractivity contribution in [2.75, 3.05) is 0 Å². The summed E-state index contributed by atoms with van der Waals surface area (Å²) in [6.45, 7) is 0. The number of fused-ring (bicyclic) bond motifs is 1. The van der Waals surface area contributed by atoms with Gasteiger partial charge in [0.15, 0.2) is 0 Å². The largest absolute Gasteiger partial charge is 0.438 e. The Bertz CT molecular complexity index is 667. The third-order valence-corrected chi connectivity index (χ3v) is 4.00. The lowest BCUT2D eigenvalue weighted by atomic mass is 9.92. The van der Waals surface area contributed by atoms with Crippen molar-refractivity contribution in [2.24, 2.45) is 0 Å². The van der Waals surface area contributed by atoms with Gasteiger partial charge in [0.25, 0.3) is 5.56 Å². The fourth-order valence-electron chi connectivity index (χ4n) is 2.32. The predicted octanol–water partition coefficient (Wildman–Crippen LogP) is 3.20. The van der Waals surface area contributed by atoms with E-state index in [-0.39, 0.29) is 5.56 Å². The number of benzene rings is 1. The second-order valence-corrected chi connectivity index (χ2v) is 5.38. The molecule has 98 valence electrons. The van der Waals surface area contributed by atoms with Gasteiger partial charge in [0.2, 0.25) is 5.88 Å². The minimum atomic E-state index is -0.247. The summed E-state index contributed by atoms with van der Waals surface area (Å²) >= 11 is 3.18. The van der Waals surface area contributed by atoms with Gasteiger partial charge in [-0.25, -0.2) is 4.98 Å². The molecule has 0 bridgehead atoms. The Kier molecular flexibility index (Phi) is 3.38. The minimum absolute atomic E-state index is 0.247. The lowest BCUT2D eigenvalue weighted by Gasteiger charge is -2.16. The summed E-state index contributed by atoms with van der Waals surface area (Å²) in [5.41, 5.74) is 2.49. The van der Waals surface area contributed by atoms with Crippen molar-refractivity contribution in [3.05, 3.63) is 50.5 Å². The van der Waals surface area contributed by atoms with Crippen LogP contribution >= 0.6 is 15.9 Å². The number of hydrogen-bond donors (Lipinski definition) is 1. The SMILES string of the molecule is O=c1[nH]cnc(Oc2ccc3c(c2)CCCC3)c1Br. The van der Waals surface area contributed by atoms with Crippen LogP contribution < -0.4 is 10.3 Å². The zero-order valence-electron chi connectivity index (χ0n) is 10.3. The first-order valence-corrected chi connectivity index (χ1v) is 7.06. The first-order valence-electron chi connectivity index (χ1n) is 6.27. The van der Waals surface area contributed by atoms with E-state index in [0.717, 1.165) is 18.6 Å². The van der Waals surface area contributed by atoms with E-state index in [2.05, 4.69) is 32.0 Å². The average Bonchev–Trinajstić information content (AvgIpc) is 2.44. The molecule has 0 saturated carbocycles. The van der Waals surface area contributed by atoms with E-state index < -0.39 is 0 Å². The fourth-order valence-corrected chi connectivity index (χ4v) is 2.62. The van der Waals surface area contributed by atoms with E-state index in [1.807, 2.05) is 12.1 Å². The van der Waals surface area contributed by atoms with Gasteiger partial charge in [-0.2, -0.15) is 0 Å². The van der Waals surface area contributed by atoms with E-state index in [9.17, 15) is 4.79 Å². The maximum atomic E-state index is 11.4. The molecule has 0 saturated heterocycles. The Hall–Kier alpha value is -1.62. The molecule has 1 aliphatic rings. The van der Waals surface area contributed by atoms with Crippen molar-refractivity contribution in [2.45, 2.75) is 25.7 Å². The second-order valence-electron chi connectivity index (χ2n) is 4.59. The normalized spacial score (nSPS) is 13.9. The van der Waals surface area contributed by atoms with Gasteiger partial charge in [0.1, 0.15) is 10.2 Å². The molecular weight excluding hydrogens is 308 g/mol. The van der Waals surface area contributed by atoms with Crippen LogP contribution in [0.2, 0.25) is 0 Å². The quantitative estimate of drug-likeness (QED) is 0.924. The molecule has 0 amide bonds. The van der Waals surface area contributed by atoms with Crippen LogP contribution in [0.5, 0.6) is 11.6 Å². The molecule has 0 radical (unpaired) electrons. The molecule has 0 atom stereocenters. The monoisotopic (exact) mass is 320 g/mol. The molecule has 2 aromatic rings. The number of rotatable bonds is 2. The maximum Gasteiger partial charge on any atom is 0.268 e. The van der Waals surface area contributed by atoms with Crippen molar-refractivity contribution in [3.63, 3.8) is 0 Å². The topological polar surface area (TPSA) is 55.0 Å². The number of nitrogens with one attached hydrogen (secondary N) is 1. The zero-order valence-corrected chi connectivity index (χ0v) is 11.9. The number of hydrogen-bond acceptors (Lipinski definition) is 3. The average molecular weight is 321 g/mol. The van der Waals surface area contributed by atoms with Crippen molar-refractivity contribution in [1.82, 2.24) is 9.97 Å². The van der Waals surface area contributed by atoms with Crippen molar-refractivity contribution in [1.29, 1.82) is 0 Å². The van der Waals surface area contributed by atoms with Crippen LogP contribution in [-0.4, -0.2) is 9.97 Å². The van der Waals surface area contributed by atoms with Crippen LogP contribution in [-0.2, 0) is 12.8 Å². The summed E-state index contributed by atoms with van der Waals surface area (Å²) in [4.78, 5) is 17.9. The summed E-state index contributed by atoms with van der Waals surface area (Å²) in [7, 11) is 0. The smallest absolute Gasteiger partial charge is 0.268 e. The molecule has 0 spiro atoms. The summed E-state index contributed by atoms with van der Waals surface area (Å²) in [5.74, 6) is 1.01. The molecule has 1 aromatic heterocycles. The van der Waals surface area contributed by atoms with Gasteiger partial charge >= 0.3 is 0 Å². The second kappa shape index (κ2) is 5.17. The Balaban J connectivity index is 1.91. The van der Waals surface area contributed by atoms with Gasteiger partial charge in [-0.1, -0.05) is 6.07 Å². The van der Waals surface area contributed by atoms with E-state index in [0.29, 0.717) is 10.4 Å². The Morgan fingerprint density at radius 3 is 2.84 bits per heavy atom. The zero-order chi connectivity index (χ0) is 13.2. The molecule has 0 aliphatic heterocycles. The number of nitrogens with zero attached hydrogens (tertiary/aromatic N) is 1. The van der Waals surface area contributed by atoms with Gasteiger partial charge in [0.05, 0.1) is 6.33 Å². The third kappa shape index (κ3) is 2.56. The third-order valence-electron chi connectivity index (χ3n) is 3.30. The molecule has 1 heterocycles. The molecule has 4 nitrogen and oxygen atoms in total. The molecule has 19 heavy (non-hydrogen) atoms. The van der Waals surface area contributed by atoms with Crippen LogP contribution in [0.3, 0.4) is 0 Å². The lowest BCUT2D eigenvalue weighted by molar-refractivity contribution is 0.455. The van der Waals surface area contributed by atoms with Crippen LogP contribution in [0.1, 0.15) is 24.0 Å². The Morgan fingerprint density at radius 2 is 2.00 bits per heavy atom. The summed E-state index contributed by atoms with van der Waals surface area (Å²) < 4.78 is 5.99. The fraction of sp³-hybridized carbons (Fsp3) is 0.286. The van der Waals surface area contributed by atoms with E-state index in [1.54, 1.807) is 0 Å². The Labute approximate surface area is 119 Å². The molecule has 0 unspecified atom stereocenters. The molecular formula is C14H13BrN2O2. The van der Waals surface area contributed by atoms with E-state index >= 15 is 0 Å². The Morgan fingerprint density at radius 1 is 1.21 bits per heavy atom. The molecule has 1 aromatic carbocycles. The molecule has 3 rings (SSSR count). The first kappa shape index (κ1) is 12.4. The van der Waals surface area contributed by atoms with Crippen molar-refractivity contribution >= 4 is 15.9 Å². The highest BCUT2D eigenvalue weighted by Gasteiger charge is 2.12. The van der Waals surface area contributed by atoms with Crippen LogP contribution in [0, 0.1) is 0 Å². The number of aryl methyl sites for hydroxylation is 2. The van der Waals surface area contributed by atoms with Crippen LogP contribution in [0.25, 0.3) is 0 Å². The molecule has 1 aliphatic carbocycles. The molecule has 1 N–H and O–H groups in total. The lowest BCUT2D eigenvalue weighted by Crippen LogP contribution is -2.08. The van der Waals surface area contributed by atoms with Gasteiger partial charge in [-0.15, -0.1) is 0 Å². The highest BCUT2D eigenvalue weighted by molar-refractivity contribution is 9.10. The number of aromatic nitrogens is 2. The standard InChI is InChI=1S/C14H13BrN2O2/c15-12-13(18)16-8-17-14(12)19-11-6-5-9-3-1-2-4-10(9)7-11/h5-8H,1-4H2,(H,16,17,18). The van der Waals surface area contributed by atoms with Crippen LogP contribution in [0.4, 0.5) is 0 Å². The molecule has 0 fully saturated rings. The number of halogens is 1. The number of H-pyrrole nitrogens is 1. The summed E-state index contributed by atoms with van der Waals surface area (Å²) in [6, 6.07) is 6.08. The van der Waals surface area contributed by atoms with Gasteiger partial charge in [-0.05, 0) is 64.9 Å². The predicted molar refractivity (Wildman–Crippen MR) is 75.7 cm³/mol. The maximum absolute atomic E-state index is 11.4.